The minimum absolute atomic E-state index is 0.0638. The van der Waals surface area contributed by atoms with Crippen molar-refractivity contribution in [3.05, 3.63) is 70.4 Å². The highest BCUT2D eigenvalue weighted by atomic mass is 16.5. The first-order valence-corrected chi connectivity index (χ1v) is 10.5. The number of urea groups is 1. The summed E-state index contributed by atoms with van der Waals surface area (Å²) in [4.78, 5) is 39.5. The molecule has 0 bridgehead atoms. The Bertz CT molecular complexity index is 1120. The molecule has 2 aromatic rings. The fourth-order valence-electron chi connectivity index (χ4n) is 4.00. The molecule has 8 heteroatoms. The zero-order valence-corrected chi connectivity index (χ0v) is 18.2. The van der Waals surface area contributed by atoms with Crippen LogP contribution >= 0.6 is 0 Å². The zero-order chi connectivity index (χ0) is 22.8. The molecule has 2 aliphatic heterocycles. The molecule has 2 aliphatic rings. The number of rotatable bonds is 6. The van der Waals surface area contributed by atoms with Gasteiger partial charge in [-0.15, -0.1) is 0 Å². The molecule has 0 saturated heterocycles. The summed E-state index contributed by atoms with van der Waals surface area (Å²) in [6.07, 6.45) is 0. The van der Waals surface area contributed by atoms with Crippen LogP contribution in [0.2, 0.25) is 0 Å². The van der Waals surface area contributed by atoms with Gasteiger partial charge in [0.2, 0.25) is 5.91 Å². The van der Waals surface area contributed by atoms with E-state index in [1.807, 2.05) is 51.1 Å². The van der Waals surface area contributed by atoms with Crippen LogP contribution in [0, 0.1) is 13.8 Å². The first-order chi connectivity index (χ1) is 15.4. The maximum Gasteiger partial charge on any atom is 0.338 e. The number of nitrogens with one attached hydrogen (secondary N) is 2. The van der Waals surface area contributed by atoms with Crippen molar-refractivity contribution in [3.8, 4) is 5.75 Å². The lowest BCUT2D eigenvalue weighted by Gasteiger charge is -2.33. The molecule has 0 spiro atoms. The fraction of sp³-hybridized carbons (Fsp3) is 0.292. The van der Waals surface area contributed by atoms with Crippen LogP contribution in [0.5, 0.6) is 5.75 Å². The standard InChI is InChI=1S/C24H25N3O5/c1-4-31-19-8-6-5-7-16(19)22-21-18(13-32-23(21)29)27(24(30)26-22)12-20(28)25-17-10-9-14(2)11-15(17)3/h5-11,22H,4,12-13H2,1-3H3,(H,25,28)(H,26,30)/t22-/m1/s1. The summed E-state index contributed by atoms with van der Waals surface area (Å²) in [5.41, 5.74) is 4.06. The molecular formula is C24H25N3O5. The Morgan fingerprint density at radius 1 is 1.22 bits per heavy atom. The number of amides is 3. The molecule has 0 aromatic heterocycles. The number of aryl methyl sites for hydroxylation is 2. The number of anilines is 1. The van der Waals surface area contributed by atoms with Crippen molar-refractivity contribution in [1.29, 1.82) is 0 Å². The second kappa shape index (κ2) is 8.74. The van der Waals surface area contributed by atoms with Crippen molar-refractivity contribution in [2.45, 2.75) is 26.8 Å². The Morgan fingerprint density at radius 2 is 2.00 bits per heavy atom. The molecule has 2 aromatic carbocycles. The lowest BCUT2D eigenvalue weighted by atomic mass is 9.95. The van der Waals surface area contributed by atoms with Crippen molar-refractivity contribution in [1.82, 2.24) is 10.2 Å². The third kappa shape index (κ3) is 4.03. The molecule has 32 heavy (non-hydrogen) atoms. The van der Waals surface area contributed by atoms with Crippen LogP contribution in [-0.4, -0.2) is 42.6 Å². The second-order valence-corrected chi connectivity index (χ2v) is 7.74. The first kappa shape index (κ1) is 21.4. The third-order valence-corrected chi connectivity index (χ3v) is 5.49. The lowest BCUT2D eigenvalue weighted by Crippen LogP contribution is -2.49. The van der Waals surface area contributed by atoms with Crippen molar-refractivity contribution in [3.63, 3.8) is 0 Å². The number of esters is 1. The van der Waals surface area contributed by atoms with Crippen molar-refractivity contribution >= 4 is 23.6 Å². The second-order valence-electron chi connectivity index (χ2n) is 7.74. The van der Waals surface area contributed by atoms with E-state index in [0.717, 1.165) is 11.1 Å². The number of hydrogen-bond donors (Lipinski definition) is 2. The van der Waals surface area contributed by atoms with E-state index in [1.54, 1.807) is 12.1 Å². The van der Waals surface area contributed by atoms with E-state index in [2.05, 4.69) is 10.6 Å². The van der Waals surface area contributed by atoms with Crippen molar-refractivity contribution < 1.29 is 23.9 Å². The molecule has 166 valence electrons. The van der Waals surface area contributed by atoms with E-state index >= 15 is 0 Å². The van der Waals surface area contributed by atoms with E-state index in [1.165, 1.54) is 4.90 Å². The Balaban J connectivity index is 1.61. The Kier molecular flexibility index (Phi) is 5.85. The summed E-state index contributed by atoms with van der Waals surface area (Å²) in [6, 6.07) is 11.7. The number of benzene rings is 2. The number of carbonyl (C=O) groups is 3. The summed E-state index contributed by atoms with van der Waals surface area (Å²) in [5, 5.41) is 5.68. The average Bonchev–Trinajstić information content (AvgIpc) is 3.14. The minimum Gasteiger partial charge on any atom is -0.494 e. The first-order valence-electron chi connectivity index (χ1n) is 10.5. The van der Waals surface area contributed by atoms with Gasteiger partial charge in [-0.05, 0) is 38.5 Å². The molecule has 2 N–H and O–H groups in total. The van der Waals surface area contributed by atoms with Gasteiger partial charge in [0.15, 0.2) is 0 Å². The van der Waals surface area contributed by atoms with E-state index in [-0.39, 0.29) is 19.1 Å². The van der Waals surface area contributed by atoms with E-state index < -0.39 is 18.0 Å². The Hall–Kier alpha value is -3.81. The Morgan fingerprint density at radius 3 is 2.75 bits per heavy atom. The SMILES string of the molecule is CCOc1ccccc1[C@H]1NC(=O)N(CC(=O)Nc2ccc(C)cc2C)C2=C1C(=O)OC2. The molecule has 0 unspecified atom stereocenters. The highest BCUT2D eigenvalue weighted by Crippen LogP contribution is 2.38. The van der Waals surface area contributed by atoms with Gasteiger partial charge in [0.25, 0.3) is 0 Å². The molecule has 0 aliphatic carbocycles. The largest absolute Gasteiger partial charge is 0.494 e. The van der Waals surface area contributed by atoms with Crippen LogP contribution in [0.3, 0.4) is 0 Å². The van der Waals surface area contributed by atoms with Crippen LogP contribution in [0.15, 0.2) is 53.7 Å². The summed E-state index contributed by atoms with van der Waals surface area (Å²) in [6.45, 7) is 5.88. The van der Waals surface area contributed by atoms with E-state index in [0.29, 0.717) is 34.9 Å². The van der Waals surface area contributed by atoms with Gasteiger partial charge in [-0.2, -0.15) is 0 Å². The quantitative estimate of drug-likeness (QED) is 0.679. The number of nitrogens with zero attached hydrogens (tertiary/aromatic N) is 1. The zero-order valence-electron chi connectivity index (χ0n) is 18.2. The summed E-state index contributed by atoms with van der Waals surface area (Å²) in [7, 11) is 0. The van der Waals surface area contributed by atoms with E-state index in [4.69, 9.17) is 9.47 Å². The topological polar surface area (TPSA) is 97.0 Å². The molecule has 0 saturated carbocycles. The molecule has 8 nitrogen and oxygen atoms in total. The van der Waals surface area contributed by atoms with Gasteiger partial charge in [-0.25, -0.2) is 9.59 Å². The smallest absolute Gasteiger partial charge is 0.338 e. The van der Waals surface area contributed by atoms with Gasteiger partial charge in [-0.3, -0.25) is 9.69 Å². The number of ether oxygens (including phenoxy) is 2. The van der Waals surface area contributed by atoms with Gasteiger partial charge >= 0.3 is 12.0 Å². The monoisotopic (exact) mass is 435 g/mol. The molecule has 0 fully saturated rings. The Labute approximate surface area is 186 Å². The normalized spacial score (nSPS) is 17.6. The van der Waals surface area contributed by atoms with Gasteiger partial charge < -0.3 is 20.1 Å². The highest BCUT2D eigenvalue weighted by molar-refractivity contribution is 6.00. The predicted molar refractivity (Wildman–Crippen MR) is 118 cm³/mol. The summed E-state index contributed by atoms with van der Waals surface area (Å²) >= 11 is 0. The van der Waals surface area contributed by atoms with Crippen LogP contribution in [0.4, 0.5) is 10.5 Å². The maximum absolute atomic E-state index is 13.0. The molecular weight excluding hydrogens is 410 g/mol. The van der Waals surface area contributed by atoms with Crippen LogP contribution in [0.1, 0.15) is 29.7 Å². The van der Waals surface area contributed by atoms with Crippen LogP contribution in [-0.2, 0) is 14.3 Å². The number of hydrogen-bond acceptors (Lipinski definition) is 5. The molecule has 3 amide bonds. The van der Waals surface area contributed by atoms with Gasteiger partial charge in [-0.1, -0.05) is 35.9 Å². The van der Waals surface area contributed by atoms with Crippen molar-refractivity contribution in [2.24, 2.45) is 0 Å². The van der Waals surface area contributed by atoms with E-state index in [9.17, 15) is 14.4 Å². The molecule has 2 heterocycles. The number of para-hydroxylation sites is 1. The fourth-order valence-corrected chi connectivity index (χ4v) is 4.00. The molecule has 1 atom stereocenters. The highest BCUT2D eigenvalue weighted by Gasteiger charge is 2.43. The number of cyclic esters (lactones) is 1. The minimum atomic E-state index is -0.714. The lowest BCUT2D eigenvalue weighted by molar-refractivity contribution is -0.136. The van der Waals surface area contributed by atoms with Crippen LogP contribution in [0.25, 0.3) is 0 Å². The predicted octanol–water partition coefficient (Wildman–Crippen LogP) is 3.22. The average molecular weight is 435 g/mol. The molecule has 0 radical (unpaired) electrons. The van der Waals surface area contributed by atoms with Gasteiger partial charge in [0, 0.05) is 11.3 Å². The summed E-state index contributed by atoms with van der Waals surface area (Å²) in [5.74, 6) is -0.310. The summed E-state index contributed by atoms with van der Waals surface area (Å²) < 4.78 is 10.9. The van der Waals surface area contributed by atoms with Gasteiger partial charge in [0.05, 0.1) is 23.9 Å². The maximum atomic E-state index is 13.0. The van der Waals surface area contributed by atoms with Gasteiger partial charge in [0.1, 0.15) is 18.9 Å². The molecule has 4 rings (SSSR count). The number of carbonyl (C=O) groups excluding carboxylic acids is 3. The third-order valence-electron chi connectivity index (χ3n) is 5.49. The van der Waals surface area contributed by atoms with Crippen LogP contribution < -0.4 is 15.4 Å². The van der Waals surface area contributed by atoms with Crippen molar-refractivity contribution in [2.75, 3.05) is 25.1 Å².